The Morgan fingerprint density at radius 1 is 0.912 bits per heavy atom. The number of ether oxygens (including phenoxy) is 2. The average molecular weight is 458 g/mol. The van der Waals surface area contributed by atoms with Crippen molar-refractivity contribution in [2.45, 2.75) is 32.9 Å². The summed E-state index contributed by atoms with van der Waals surface area (Å²) in [6, 6.07) is 20.5. The Labute approximate surface area is 199 Å². The third-order valence-corrected chi connectivity index (χ3v) is 5.78. The number of carbonyl (C=O) groups excluding carboxylic acids is 2. The molecule has 3 aromatic rings. The Morgan fingerprint density at radius 3 is 2.12 bits per heavy atom. The van der Waals surface area contributed by atoms with Crippen LogP contribution in [-0.4, -0.2) is 30.0 Å². The standard InChI is InChI=1S/C28H27NO5/c1-17(2)34-22-13-9-19(10-14-22)26(30)24-25(23-8-6-5-7-18(23)3)29(28(32)27(24)31)20-11-15-21(33-4)16-12-20/h5-17,25,30H,1-4H3/b26-24-. The number of aliphatic hydroxyl groups excluding tert-OH is 1. The topological polar surface area (TPSA) is 76.1 Å². The smallest absolute Gasteiger partial charge is 0.300 e. The summed E-state index contributed by atoms with van der Waals surface area (Å²) >= 11 is 0. The maximum absolute atomic E-state index is 13.3. The minimum Gasteiger partial charge on any atom is -0.507 e. The van der Waals surface area contributed by atoms with Crippen molar-refractivity contribution in [1.82, 2.24) is 0 Å². The van der Waals surface area contributed by atoms with Crippen LogP contribution < -0.4 is 14.4 Å². The first-order valence-corrected chi connectivity index (χ1v) is 11.1. The molecule has 6 nitrogen and oxygen atoms in total. The minimum absolute atomic E-state index is 0.00956. The molecule has 174 valence electrons. The number of aliphatic hydroxyl groups is 1. The predicted molar refractivity (Wildman–Crippen MR) is 131 cm³/mol. The van der Waals surface area contributed by atoms with Gasteiger partial charge in [-0.1, -0.05) is 24.3 Å². The van der Waals surface area contributed by atoms with Crippen molar-refractivity contribution < 1.29 is 24.2 Å². The number of methoxy groups -OCH3 is 1. The molecule has 1 unspecified atom stereocenters. The van der Waals surface area contributed by atoms with Crippen LogP contribution in [0.15, 0.2) is 78.4 Å². The Bertz CT molecular complexity index is 1240. The van der Waals surface area contributed by atoms with Crippen LogP contribution in [-0.2, 0) is 9.59 Å². The summed E-state index contributed by atoms with van der Waals surface area (Å²) in [6.07, 6.45) is 0.00956. The number of anilines is 1. The summed E-state index contributed by atoms with van der Waals surface area (Å²) in [4.78, 5) is 28.0. The molecule has 0 radical (unpaired) electrons. The molecule has 0 aliphatic carbocycles. The number of nitrogens with zero attached hydrogens (tertiary/aromatic N) is 1. The summed E-state index contributed by atoms with van der Waals surface area (Å²) in [7, 11) is 1.56. The molecule has 1 N–H and O–H groups in total. The summed E-state index contributed by atoms with van der Waals surface area (Å²) < 4.78 is 10.9. The van der Waals surface area contributed by atoms with Crippen molar-refractivity contribution in [3.8, 4) is 11.5 Å². The molecular formula is C28H27NO5. The highest BCUT2D eigenvalue weighted by atomic mass is 16.5. The monoisotopic (exact) mass is 457 g/mol. The molecule has 1 heterocycles. The summed E-state index contributed by atoms with van der Waals surface area (Å²) in [6.45, 7) is 5.77. The van der Waals surface area contributed by atoms with Crippen molar-refractivity contribution in [2.24, 2.45) is 0 Å². The van der Waals surface area contributed by atoms with Crippen LogP contribution >= 0.6 is 0 Å². The van der Waals surface area contributed by atoms with E-state index in [1.165, 1.54) is 4.90 Å². The number of hydrogen-bond acceptors (Lipinski definition) is 5. The van der Waals surface area contributed by atoms with Crippen LogP contribution in [0.1, 0.15) is 36.6 Å². The van der Waals surface area contributed by atoms with Crippen LogP contribution in [0.5, 0.6) is 11.5 Å². The maximum Gasteiger partial charge on any atom is 0.300 e. The van der Waals surface area contributed by atoms with Gasteiger partial charge in [0, 0.05) is 11.3 Å². The number of aryl methyl sites for hydroxylation is 1. The van der Waals surface area contributed by atoms with E-state index in [1.807, 2.05) is 45.0 Å². The number of carbonyl (C=O) groups is 2. The molecule has 1 fully saturated rings. The minimum atomic E-state index is -0.777. The van der Waals surface area contributed by atoms with Crippen molar-refractivity contribution in [2.75, 3.05) is 12.0 Å². The van der Waals surface area contributed by atoms with Crippen molar-refractivity contribution >= 4 is 23.1 Å². The van der Waals surface area contributed by atoms with E-state index in [2.05, 4.69) is 0 Å². The second-order valence-electron chi connectivity index (χ2n) is 8.41. The van der Waals surface area contributed by atoms with Gasteiger partial charge in [-0.2, -0.15) is 0 Å². The highest BCUT2D eigenvalue weighted by Crippen LogP contribution is 2.43. The third-order valence-electron chi connectivity index (χ3n) is 5.78. The molecule has 1 aliphatic rings. The Kier molecular flexibility index (Phi) is 6.41. The number of benzene rings is 3. The third kappa shape index (κ3) is 4.27. The molecule has 1 amide bonds. The molecule has 1 saturated heterocycles. The molecule has 0 spiro atoms. The van der Waals surface area contributed by atoms with Gasteiger partial charge in [0.1, 0.15) is 17.3 Å². The van der Waals surface area contributed by atoms with E-state index in [0.717, 1.165) is 11.1 Å². The van der Waals surface area contributed by atoms with Crippen molar-refractivity contribution in [3.05, 3.63) is 95.1 Å². The highest BCUT2D eigenvalue weighted by Gasteiger charge is 2.47. The molecule has 0 bridgehead atoms. The van der Waals surface area contributed by atoms with Gasteiger partial charge in [0.25, 0.3) is 11.7 Å². The second-order valence-corrected chi connectivity index (χ2v) is 8.41. The lowest BCUT2D eigenvalue weighted by Crippen LogP contribution is -2.29. The normalized spacial score (nSPS) is 17.3. The Hall–Kier alpha value is -4.06. The largest absolute Gasteiger partial charge is 0.507 e. The van der Waals surface area contributed by atoms with E-state index in [4.69, 9.17) is 9.47 Å². The predicted octanol–water partition coefficient (Wildman–Crippen LogP) is 5.42. The first kappa shape index (κ1) is 23.1. The van der Waals surface area contributed by atoms with Gasteiger partial charge < -0.3 is 14.6 Å². The van der Waals surface area contributed by atoms with Gasteiger partial charge >= 0.3 is 0 Å². The van der Waals surface area contributed by atoms with Crippen molar-refractivity contribution in [3.63, 3.8) is 0 Å². The molecule has 34 heavy (non-hydrogen) atoms. The fourth-order valence-electron chi connectivity index (χ4n) is 4.15. The first-order chi connectivity index (χ1) is 16.3. The number of Topliss-reactive ketones (excluding diaryl/α,β-unsaturated/α-hetero) is 1. The van der Waals surface area contributed by atoms with Crippen molar-refractivity contribution in [1.29, 1.82) is 0 Å². The molecule has 6 heteroatoms. The zero-order valence-electron chi connectivity index (χ0n) is 19.6. The zero-order valence-corrected chi connectivity index (χ0v) is 19.6. The van der Waals surface area contributed by atoms with E-state index in [9.17, 15) is 14.7 Å². The number of hydrogen-bond donors (Lipinski definition) is 1. The number of rotatable bonds is 6. The molecule has 1 atom stereocenters. The lowest BCUT2D eigenvalue weighted by molar-refractivity contribution is -0.132. The van der Waals surface area contributed by atoms with Gasteiger partial charge in [0.05, 0.1) is 24.8 Å². The second kappa shape index (κ2) is 9.43. The molecule has 3 aromatic carbocycles. The van der Waals surface area contributed by atoms with E-state index >= 15 is 0 Å². The van der Waals surface area contributed by atoms with Crippen LogP contribution in [0, 0.1) is 6.92 Å². The van der Waals surface area contributed by atoms with Crippen LogP contribution in [0.2, 0.25) is 0 Å². The molecule has 1 aliphatic heterocycles. The maximum atomic E-state index is 13.3. The first-order valence-electron chi connectivity index (χ1n) is 11.1. The fourth-order valence-corrected chi connectivity index (χ4v) is 4.15. The lowest BCUT2D eigenvalue weighted by atomic mass is 9.92. The van der Waals surface area contributed by atoms with Gasteiger partial charge in [-0.05, 0) is 80.4 Å². The summed E-state index contributed by atoms with van der Waals surface area (Å²) in [5.41, 5.74) is 2.68. The van der Waals surface area contributed by atoms with E-state index in [1.54, 1.807) is 55.6 Å². The Morgan fingerprint density at radius 2 is 1.53 bits per heavy atom. The van der Waals surface area contributed by atoms with Crippen LogP contribution in [0.3, 0.4) is 0 Å². The van der Waals surface area contributed by atoms with Gasteiger partial charge in [-0.25, -0.2) is 0 Å². The van der Waals surface area contributed by atoms with Gasteiger partial charge in [0.15, 0.2) is 0 Å². The van der Waals surface area contributed by atoms with Gasteiger partial charge in [-0.3, -0.25) is 14.5 Å². The number of amides is 1. The van der Waals surface area contributed by atoms with Gasteiger partial charge in [0.2, 0.25) is 0 Å². The summed E-state index contributed by atoms with van der Waals surface area (Å²) in [5, 5.41) is 11.3. The summed E-state index contributed by atoms with van der Waals surface area (Å²) in [5.74, 6) is -0.361. The molecular weight excluding hydrogens is 430 g/mol. The van der Waals surface area contributed by atoms with E-state index in [-0.39, 0.29) is 17.4 Å². The fraction of sp³-hybridized carbons (Fsp3) is 0.214. The molecule has 4 rings (SSSR count). The average Bonchev–Trinajstić information content (AvgIpc) is 3.09. The van der Waals surface area contributed by atoms with Gasteiger partial charge in [-0.15, -0.1) is 0 Å². The van der Waals surface area contributed by atoms with Crippen LogP contribution in [0.4, 0.5) is 5.69 Å². The van der Waals surface area contributed by atoms with E-state index < -0.39 is 17.7 Å². The SMILES string of the molecule is COc1ccc(N2C(=O)C(=O)/C(=C(\O)c3ccc(OC(C)C)cc3)C2c2ccccc2C)cc1. The van der Waals surface area contributed by atoms with E-state index in [0.29, 0.717) is 22.7 Å². The Balaban J connectivity index is 1.87. The molecule has 0 saturated carbocycles. The number of ketones is 1. The highest BCUT2D eigenvalue weighted by molar-refractivity contribution is 6.51. The lowest BCUT2D eigenvalue weighted by Gasteiger charge is -2.26. The van der Waals surface area contributed by atoms with Crippen LogP contribution in [0.25, 0.3) is 5.76 Å². The zero-order chi connectivity index (χ0) is 24.4. The quantitative estimate of drug-likeness (QED) is 0.304. The molecule has 0 aromatic heterocycles.